The highest BCUT2D eigenvalue weighted by Crippen LogP contribution is 2.41. The van der Waals surface area contributed by atoms with Crippen LogP contribution in [0.5, 0.6) is 11.5 Å². The molecule has 1 aliphatic heterocycles. The van der Waals surface area contributed by atoms with E-state index in [-0.39, 0.29) is 17.4 Å². The molecule has 1 fully saturated rings. The zero-order valence-corrected chi connectivity index (χ0v) is 20.8. The van der Waals surface area contributed by atoms with Crippen LogP contribution in [0.1, 0.15) is 41.9 Å². The van der Waals surface area contributed by atoms with Gasteiger partial charge in [-0.1, -0.05) is 23.7 Å². The van der Waals surface area contributed by atoms with Crippen LogP contribution >= 0.6 is 11.6 Å². The van der Waals surface area contributed by atoms with E-state index >= 15 is 0 Å². The fraction of sp³-hybridized carbons (Fsp3) is 0.423. The lowest BCUT2D eigenvalue weighted by Crippen LogP contribution is -2.50. The zero-order chi connectivity index (χ0) is 24.6. The molecule has 2 aliphatic rings. The molecule has 0 spiro atoms. The van der Waals surface area contributed by atoms with Gasteiger partial charge in [0.2, 0.25) is 5.82 Å². The third-order valence-corrected chi connectivity index (χ3v) is 7.83. The van der Waals surface area contributed by atoms with Crippen LogP contribution in [0.3, 0.4) is 0 Å². The normalized spacial score (nSPS) is 22.1. The number of amides is 1. The van der Waals surface area contributed by atoms with E-state index in [0.717, 1.165) is 36.3 Å². The van der Waals surface area contributed by atoms with Crippen LogP contribution in [0.15, 0.2) is 42.5 Å². The van der Waals surface area contributed by atoms with Gasteiger partial charge in [0.05, 0.1) is 14.2 Å². The van der Waals surface area contributed by atoms with Gasteiger partial charge in [0.15, 0.2) is 17.3 Å². The molecule has 2 N–H and O–H groups in total. The number of rotatable bonds is 6. The van der Waals surface area contributed by atoms with E-state index in [1.54, 1.807) is 14.2 Å². The number of benzene rings is 2. The lowest BCUT2D eigenvalue weighted by molar-refractivity contribution is 0.0523. The molecule has 5 rings (SSSR count). The highest BCUT2D eigenvalue weighted by molar-refractivity contribution is 6.30. The fourth-order valence-electron chi connectivity index (χ4n) is 5.54. The summed E-state index contributed by atoms with van der Waals surface area (Å²) in [4.78, 5) is 15.4. The standard InChI is InChI=1S/C26H30ClN5O3/c1-34-21-7-6-17(14-22(21)35-2)23-29-30-24-25(33)31(12-13-32(23)24)20-8-10-26(16-28,11-9-20)18-4-3-5-19(27)15-18/h3-7,14-15,20H,8-13,16,28H2,1-2H3. The third kappa shape index (κ3) is 4.15. The van der Waals surface area contributed by atoms with E-state index in [2.05, 4.69) is 16.3 Å². The summed E-state index contributed by atoms with van der Waals surface area (Å²) in [7, 11) is 3.19. The molecule has 0 saturated heterocycles. The predicted octanol–water partition coefficient (Wildman–Crippen LogP) is 3.91. The highest BCUT2D eigenvalue weighted by atomic mass is 35.5. The van der Waals surface area contributed by atoms with E-state index in [1.165, 1.54) is 5.56 Å². The van der Waals surface area contributed by atoms with Crippen molar-refractivity contribution in [1.82, 2.24) is 19.7 Å². The van der Waals surface area contributed by atoms with Gasteiger partial charge in [-0.3, -0.25) is 4.79 Å². The Labute approximate surface area is 210 Å². The first-order valence-corrected chi connectivity index (χ1v) is 12.3. The molecule has 1 saturated carbocycles. The summed E-state index contributed by atoms with van der Waals surface area (Å²) in [6.45, 7) is 1.84. The molecule has 8 nitrogen and oxygen atoms in total. The number of ether oxygens (including phenoxy) is 2. The first-order valence-electron chi connectivity index (χ1n) is 11.9. The summed E-state index contributed by atoms with van der Waals surface area (Å²) in [5.41, 5.74) is 8.19. The first kappa shape index (κ1) is 23.6. The Bertz CT molecular complexity index is 1240. The average Bonchev–Trinajstić information content (AvgIpc) is 3.34. The van der Waals surface area contributed by atoms with Crippen LogP contribution in [0.4, 0.5) is 0 Å². The minimum Gasteiger partial charge on any atom is -0.493 e. The first-order chi connectivity index (χ1) is 17.0. The monoisotopic (exact) mass is 495 g/mol. The van der Waals surface area contributed by atoms with Crippen molar-refractivity contribution in [3.8, 4) is 22.9 Å². The molecule has 0 bridgehead atoms. The number of aromatic nitrogens is 3. The van der Waals surface area contributed by atoms with Crippen molar-refractivity contribution in [3.05, 3.63) is 58.9 Å². The quantitative estimate of drug-likeness (QED) is 0.557. The van der Waals surface area contributed by atoms with Gasteiger partial charge < -0.3 is 24.7 Å². The van der Waals surface area contributed by atoms with Crippen LogP contribution in [0.2, 0.25) is 5.02 Å². The molecule has 2 aromatic carbocycles. The largest absolute Gasteiger partial charge is 0.493 e. The molecule has 35 heavy (non-hydrogen) atoms. The summed E-state index contributed by atoms with van der Waals surface area (Å²) in [5, 5.41) is 9.36. The smallest absolute Gasteiger partial charge is 0.292 e. The average molecular weight is 496 g/mol. The second-order valence-corrected chi connectivity index (χ2v) is 9.73. The minimum absolute atomic E-state index is 0.0662. The van der Waals surface area contributed by atoms with E-state index in [9.17, 15) is 4.79 Å². The Morgan fingerprint density at radius 2 is 1.77 bits per heavy atom. The van der Waals surface area contributed by atoms with Crippen LogP contribution in [0.25, 0.3) is 11.4 Å². The summed E-state index contributed by atoms with van der Waals surface area (Å²) in [6, 6.07) is 13.8. The fourth-order valence-corrected chi connectivity index (χ4v) is 5.73. The van der Waals surface area contributed by atoms with E-state index < -0.39 is 0 Å². The number of methoxy groups -OCH3 is 2. The molecule has 2 heterocycles. The van der Waals surface area contributed by atoms with Gasteiger partial charge in [0, 0.05) is 41.7 Å². The summed E-state index contributed by atoms with van der Waals surface area (Å²) >= 11 is 6.26. The molecular formula is C26H30ClN5O3. The maximum Gasteiger partial charge on any atom is 0.292 e. The summed E-state index contributed by atoms with van der Waals surface area (Å²) < 4.78 is 12.7. The maximum absolute atomic E-state index is 13.4. The second-order valence-electron chi connectivity index (χ2n) is 9.29. The van der Waals surface area contributed by atoms with Gasteiger partial charge in [-0.25, -0.2) is 0 Å². The number of hydrogen-bond donors (Lipinski definition) is 1. The van der Waals surface area contributed by atoms with E-state index in [4.69, 9.17) is 26.8 Å². The molecule has 0 atom stereocenters. The van der Waals surface area contributed by atoms with Crippen molar-refractivity contribution in [2.75, 3.05) is 27.3 Å². The number of hydrogen-bond acceptors (Lipinski definition) is 6. The van der Waals surface area contributed by atoms with Gasteiger partial charge in [0.25, 0.3) is 5.91 Å². The minimum atomic E-state index is -0.0964. The van der Waals surface area contributed by atoms with E-state index in [0.29, 0.717) is 42.8 Å². The second kappa shape index (κ2) is 9.51. The lowest BCUT2D eigenvalue weighted by atomic mass is 9.68. The van der Waals surface area contributed by atoms with Crippen LogP contribution in [-0.2, 0) is 12.0 Å². The molecule has 0 radical (unpaired) electrons. The number of nitrogens with two attached hydrogens (primary N) is 1. The number of carbonyl (C=O) groups excluding carboxylic acids is 1. The van der Waals surface area contributed by atoms with Crippen molar-refractivity contribution in [2.24, 2.45) is 5.73 Å². The van der Waals surface area contributed by atoms with Gasteiger partial charge in [-0.2, -0.15) is 0 Å². The number of fused-ring (bicyclic) bond motifs is 1. The molecule has 1 amide bonds. The van der Waals surface area contributed by atoms with Crippen molar-refractivity contribution in [2.45, 2.75) is 43.7 Å². The van der Waals surface area contributed by atoms with Crippen molar-refractivity contribution < 1.29 is 14.3 Å². The molecule has 0 unspecified atom stereocenters. The van der Waals surface area contributed by atoms with Crippen LogP contribution < -0.4 is 15.2 Å². The van der Waals surface area contributed by atoms with Gasteiger partial charge in [-0.05, 0) is 61.6 Å². The topological polar surface area (TPSA) is 95.5 Å². The summed E-state index contributed by atoms with van der Waals surface area (Å²) in [5.74, 6) is 2.22. The van der Waals surface area contributed by atoms with Crippen molar-refractivity contribution >= 4 is 17.5 Å². The Hall–Kier alpha value is -3.10. The number of nitrogens with zero attached hydrogens (tertiary/aromatic N) is 4. The van der Waals surface area contributed by atoms with E-state index in [1.807, 2.05) is 45.9 Å². The maximum atomic E-state index is 13.4. The predicted molar refractivity (Wildman–Crippen MR) is 134 cm³/mol. The molecular weight excluding hydrogens is 466 g/mol. The number of halogens is 1. The Morgan fingerprint density at radius 1 is 1.03 bits per heavy atom. The van der Waals surface area contributed by atoms with Crippen molar-refractivity contribution in [1.29, 1.82) is 0 Å². The van der Waals surface area contributed by atoms with Gasteiger partial charge >= 0.3 is 0 Å². The van der Waals surface area contributed by atoms with Gasteiger partial charge in [0.1, 0.15) is 0 Å². The zero-order valence-electron chi connectivity index (χ0n) is 20.0. The molecule has 1 aromatic heterocycles. The summed E-state index contributed by atoms with van der Waals surface area (Å²) in [6.07, 6.45) is 3.63. The number of carbonyl (C=O) groups is 1. The Morgan fingerprint density at radius 3 is 2.46 bits per heavy atom. The highest BCUT2D eigenvalue weighted by Gasteiger charge is 2.41. The Kier molecular flexibility index (Phi) is 6.42. The lowest BCUT2D eigenvalue weighted by Gasteiger charge is -2.44. The molecule has 3 aromatic rings. The van der Waals surface area contributed by atoms with Crippen molar-refractivity contribution in [3.63, 3.8) is 0 Å². The molecule has 184 valence electrons. The third-order valence-electron chi connectivity index (χ3n) is 7.59. The Balaban J connectivity index is 1.34. The molecule has 1 aliphatic carbocycles. The molecule has 9 heteroatoms. The van der Waals surface area contributed by atoms with Crippen LogP contribution in [0, 0.1) is 0 Å². The van der Waals surface area contributed by atoms with Gasteiger partial charge in [-0.15, -0.1) is 10.2 Å². The SMILES string of the molecule is COc1ccc(-c2nnc3n2CCN(C2CCC(CN)(c4cccc(Cl)c4)CC2)C3=O)cc1OC. The van der Waals surface area contributed by atoms with Crippen LogP contribution in [-0.4, -0.2) is 58.9 Å².